The Kier molecular flexibility index (Phi) is 5.02. The average molecular weight is 348 g/mol. The van der Waals surface area contributed by atoms with Gasteiger partial charge in [-0.1, -0.05) is 6.07 Å². The van der Waals surface area contributed by atoms with Gasteiger partial charge in [-0.05, 0) is 59.1 Å². The summed E-state index contributed by atoms with van der Waals surface area (Å²) in [7, 11) is 3.26. The van der Waals surface area contributed by atoms with Gasteiger partial charge in [0, 0.05) is 17.8 Å². The summed E-state index contributed by atoms with van der Waals surface area (Å²) in [6.07, 6.45) is 1.80. The van der Waals surface area contributed by atoms with Crippen molar-refractivity contribution in [1.29, 1.82) is 0 Å². The van der Waals surface area contributed by atoms with Crippen molar-refractivity contribution in [2.24, 2.45) is 4.99 Å². The molecule has 0 aliphatic rings. The van der Waals surface area contributed by atoms with Crippen LogP contribution in [0.25, 0.3) is 0 Å². The molecule has 0 saturated heterocycles. The predicted octanol–water partition coefficient (Wildman–Crippen LogP) is 4.83. The van der Waals surface area contributed by atoms with Gasteiger partial charge in [-0.3, -0.25) is 4.99 Å². The lowest BCUT2D eigenvalue weighted by molar-refractivity contribution is 0.392. The highest BCUT2D eigenvalue weighted by molar-refractivity contribution is 9.10. The second-order valence-corrected chi connectivity index (χ2v) is 5.69. The first-order valence-corrected chi connectivity index (χ1v) is 7.36. The van der Waals surface area contributed by atoms with E-state index in [1.807, 2.05) is 12.1 Å². The summed E-state index contributed by atoms with van der Waals surface area (Å²) in [6, 6.07) is 10.0. The van der Waals surface area contributed by atoms with Gasteiger partial charge in [-0.15, -0.1) is 0 Å². The Morgan fingerprint density at radius 1 is 0.905 bits per heavy atom. The Labute approximate surface area is 133 Å². The molecule has 2 rings (SSSR count). The van der Waals surface area contributed by atoms with Gasteiger partial charge in [-0.25, -0.2) is 0 Å². The van der Waals surface area contributed by atoms with Crippen LogP contribution in [0.4, 0.5) is 5.69 Å². The Balaban J connectivity index is 2.38. The van der Waals surface area contributed by atoms with Crippen molar-refractivity contribution in [3.05, 3.63) is 51.5 Å². The van der Waals surface area contributed by atoms with Crippen molar-refractivity contribution in [2.75, 3.05) is 14.2 Å². The molecule has 3 nitrogen and oxygen atoms in total. The van der Waals surface area contributed by atoms with E-state index < -0.39 is 0 Å². The molecule has 0 aromatic heterocycles. The molecule has 0 heterocycles. The number of nitrogens with zero attached hydrogens (tertiary/aromatic N) is 1. The van der Waals surface area contributed by atoms with E-state index in [2.05, 4.69) is 53.0 Å². The van der Waals surface area contributed by atoms with Gasteiger partial charge in [-0.2, -0.15) is 0 Å². The monoisotopic (exact) mass is 347 g/mol. The van der Waals surface area contributed by atoms with E-state index in [4.69, 9.17) is 9.47 Å². The Bertz CT molecular complexity index is 660. The summed E-state index contributed by atoms with van der Waals surface area (Å²) in [4.78, 5) is 4.54. The molecule has 2 aromatic rings. The first kappa shape index (κ1) is 15.6. The molecule has 0 bridgehead atoms. The van der Waals surface area contributed by atoms with Crippen LogP contribution in [0.1, 0.15) is 16.7 Å². The summed E-state index contributed by atoms with van der Waals surface area (Å²) in [5, 5.41) is 0. The third-order valence-electron chi connectivity index (χ3n) is 3.06. The number of rotatable bonds is 4. The minimum absolute atomic E-state index is 0.725. The van der Waals surface area contributed by atoms with Crippen LogP contribution in [-0.4, -0.2) is 20.4 Å². The van der Waals surface area contributed by atoms with Gasteiger partial charge in [0.2, 0.25) is 0 Å². The van der Waals surface area contributed by atoms with Crippen LogP contribution in [0.3, 0.4) is 0 Å². The molecule has 0 fully saturated rings. The molecule has 21 heavy (non-hydrogen) atoms. The molecule has 0 radical (unpaired) electrons. The lowest BCUT2D eigenvalue weighted by Gasteiger charge is -2.09. The molecule has 2 aromatic carbocycles. The topological polar surface area (TPSA) is 30.8 Å². The fraction of sp³-hybridized carbons (Fsp3) is 0.235. The maximum atomic E-state index is 5.39. The standard InChI is InChI=1S/C17H18BrNO2/c1-11-5-12(2)7-14(6-11)19-10-13-8-15(18)17(21-4)9-16(13)20-3/h5-10H,1-4H3. The molecule has 0 aliphatic carbocycles. The lowest BCUT2D eigenvalue weighted by Crippen LogP contribution is -1.94. The summed E-state index contributed by atoms with van der Waals surface area (Å²) in [5.74, 6) is 1.46. The van der Waals surface area contributed by atoms with Crippen LogP contribution in [0.2, 0.25) is 0 Å². The fourth-order valence-corrected chi connectivity index (χ4v) is 2.68. The molecular formula is C17H18BrNO2. The molecule has 0 N–H and O–H groups in total. The number of hydrogen-bond donors (Lipinski definition) is 0. The largest absolute Gasteiger partial charge is 0.496 e. The van der Waals surface area contributed by atoms with Crippen molar-refractivity contribution in [3.63, 3.8) is 0 Å². The normalized spacial score (nSPS) is 10.9. The summed E-state index contributed by atoms with van der Waals surface area (Å²) < 4.78 is 11.5. The third kappa shape index (κ3) is 3.85. The number of methoxy groups -OCH3 is 2. The number of aryl methyl sites for hydroxylation is 2. The Hall–Kier alpha value is -1.81. The van der Waals surface area contributed by atoms with E-state index in [9.17, 15) is 0 Å². The zero-order valence-electron chi connectivity index (χ0n) is 12.6. The Morgan fingerprint density at radius 2 is 1.52 bits per heavy atom. The molecular weight excluding hydrogens is 330 g/mol. The van der Waals surface area contributed by atoms with Crippen LogP contribution >= 0.6 is 15.9 Å². The van der Waals surface area contributed by atoms with Gasteiger partial charge in [0.15, 0.2) is 0 Å². The van der Waals surface area contributed by atoms with Gasteiger partial charge in [0.25, 0.3) is 0 Å². The van der Waals surface area contributed by atoms with Crippen LogP contribution in [0.5, 0.6) is 11.5 Å². The third-order valence-corrected chi connectivity index (χ3v) is 3.68. The predicted molar refractivity (Wildman–Crippen MR) is 90.4 cm³/mol. The van der Waals surface area contributed by atoms with Gasteiger partial charge in [0.05, 0.1) is 24.4 Å². The van der Waals surface area contributed by atoms with Crippen LogP contribution in [0.15, 0.2) is 39.8 Å². The van der Waals surface area contributed by atoms with Crippen molar-refractivity contribution in [1.82, 2.24) is 0 Å². The molecule has 0 amide bonds. The van der Waals surface area contributed by atoms with E-state index in [0.717, 1.165) is 27.2 Å². The average Bonchev–Trinajstić information content (AvgIpc) is 2.44. The number of ether oxygens (including phenoxy) is 2. The second-order valence-electron chi connectivity index (χ2n) is 4.83. The highest BCUT2D eigenvalue weighted by Crippen LogP contribution is 2.32. The van der Waals surface area contributed by atoms with Gasteiger partial charge in [0.1, 0.15) is 11.5 Å². The number of halogens is 1. The lowest BCUT2D eigenvalue weighted by atomic mass is 10.1. The zero-order valence-corrected chi connectivity index (χ0v) is 14.2. The van der Waals surface area contributed by atoms with Crippen molar-refractivity contribution >= 4 is 27.8 Å². The summed E-state index contributed by atoms with van der Waals surface area (Å²) in [6.45, 7) is 4.13. The number of aliphatic imine (C=N–C) groups is 1. The Morgan fingerprint density at radius 3 is 2.10 bits per heavy atom. The van der Waals surface area contributed by atoms with Gasteiger partial charge < -0.3 is 9.47 Å². The first-order chi connectivity index (χ1) is 10.0. The van der Waals surface area contributed by atoms with E-state index in [1.165, 1.54) is 11.1 Å². The maximum Gasteiger partial charge on any atom is 0.136 e. The van der Waals surface area contributed by atoms with Crippen molar-refractivity contribution in [3.8, 4) is 11.5 Å². The number of hydrogen-bond acceptors (Lipinski definition) is 3. The summed E-state index contributed by atoms with van der Waals surface area (Å²) in [5.41, 5.74) is 4.22. The smallest absolute Gasteiger partial charge is 0.136 e. The molecule has 0 spiro atoms. The molecule has 0 aliphatic heterocycles. The van der Waals surface area contributed by atoms with E-state index in [-0.39, 0.29) is 0 Å². The summed E-state index contributed by atoms with van der Waals surface area (Å²) >= 11 is 3.48. The molecule has 0 saturated carbocycles. The highest BCUT2D eigenvalue weighted by Gasteiger charge is 2.08. The maximum absolute atomic E-state index is 5.39. The molecule has 4 heteroatoms. The van der Waals surface area contributed by atoms with Crippen LogP contribution in [0, 0.1) is 13.8 Å². The second kappa shape index (κ2) is 6.76. The van der Waals surface area contributed by atoms with E-state index in [1.54, 1.807) is 20.4 Å². The molecule has 0 unspecified atom stereocenters. The van der Waals surface area contributed by atoms with E-state index >= 15 is 0 Å². The van der Waals surface area contributed by atoms with Gasteiger partial charge >= 0.3 is 0 Å². The quantitative estimate of drug-likeness (QED) is 0.741. The minimum Gasteiger partial charge on any atom is -0.496 e. The minimum atomic E-state index is 0.725. The van der Waals surface area contributed by atoms with Crippen LogP contribution < -0.4 is 9.47 Å². The van der Waals surface area contributed by atoms with E-state index in [0.29, 0.717) is 0 Å². The van der Waals surface area contributed by atoms with Crippen molar-refractivity contribution in [2.45, 2.75) is 13.8 Å². The SMILES string of the molecule is COc1cc(OC)c(C=Nc2cc(C)cc(C)c2)cc1Br. The zero-order chi connectivity index (χ0) is 15.4. The van der Waals surface area contributed by atoms with Crippen LogP contribution in [-0.2, 0) is 0 Å². The highest BCUT2D eigenvalue weighted by atomic mass is 79.9. The van der Waals surface area contributed by atoms with Crippen molar-refractivity contribution < 1.29 is 9.47 Å². The molecule has 110 valence electrons. The molecule has 0 atom stereocenters. The first-order valence-electron chi connectivity index (χ1n) is 6.57. The fourth-order valence-electron chi connectivity index (χ4n) is 2.15. The number of benzene rings is 2.